The Balaban J connectivity index is 1.93. The van der Waals surface area contributed by atoms with Crippen molar-refractivity contribution in [1.82, 2.24) is 9.88 Å². The number of carbonyl (C=O) groups excluding carboxylic acids is 1. The molecule has 2 aromatic rings. The minimum atomic E-state index is 0.147. The van der Waals surface area contributed by atoms with E-state index in [1.54, 1.807) is 11.3 Å². The van der Waals surface area contributed by atoms with Gasteiger partial charge in [-0.3, -0.25) is 4.79 Å². The van der Waals surface area contributed by atoms with Crippen LogP contribution in [0.2, 0.25) is 0 Å². The first kappa shape index (κ1) is 10.9. The fraction of sp³-hybridized carbons (Fsp3) is 0.333. The standard InChI is InChI=1S/C12H12N2OS2/c1-8-10(12(15)14-5-3-6-14)17-11(13-8)9-4-2-7-16-9/h2,4,7H,3,5-6H2,1H3. The van der Waals surface area contributed by atoms with E-state index in [4.69, 9.17) is 0 Å². The highest BCUT2D eigenvalue weighted by Crippen LogP contribution is 2.32. The summed E-state index contributed by atoms with van der Waals surface area (Å²) in [6, 6.07) is 4.05. The van der Waals surface area contributed by atoms with Gasteiger partial charge in [0, 0.05) is 13.1 Å². The molecule has 3 rings (SSSR count). The second-order valence-corrected chi connectivity index (χ2v) is 6.00. The molecule has 1 amide bonds. The summed E-state index contributed by atoms with van der Waals surface area (Å²) in [7, 11) is 0. The summed E-state index contributed by atoms with van der Waals surface area (Å²) in [6.07, 6.45) is 1.13. The summed E-state index contributed by atoms with van der Waals surface area (Å²) < 4.78 is 0. The molecule has 88 valence electrons. The molecule has 0 aromatic carbocycles. The Morgan fingerprint density at radius 1 is 1.47 bits per heavy atom. The zero-order chi connectivity index (χ0) is 11.8. The van der Waals surface area contributed by atoms with E-state index in [-0.39, 0.29) is 5.91 Å². The smallest absolute Gasteiger partial charge is 0.265 e. The zero-order valence-corrected chi connectivity index (χ0v) is 11.1. The molecule has 0 bridgehead atoms. The topological polar surface area (TPSA) is 33.2 Å². The van der Waals surface area contributed by atoms with Crippen molar-refractivity contribution < 1.29 is 4.79 Å². The van der Waals surface area contributed by atoms with Crippen LogP contribution in [0.25, 0.3) is 9.88 Å². The van der Waals surface area contributed by atoms with E-state index in [0.29, 0.717) is 0 Å². The first-order valence-electron chi connectivity index (χ1n) is 5.56. The van der Waals surface area contributed by atoms with Crippen LogP contribution in [0.4, 0.5) is 0 Å². The number of likely N-dealkylation sites (tertiary alicyclic amines) is 1. The van der Waals surface area contributed by atoms with Gasteiger partial charge in [-0.25, -0.2) is 4.98 Å². The molecule has 1 fully saturated rings. The molecule has 0 N–H and O–H groups in total. The molecule has 1 aliphatic rings. The van der Waals surface area contributed by atoms with Gasteiger partial charge in [-0.05, 0) is 24.8 Å². The number of thiophene rings is 1. The maximum absolute atomic E-state index is 12.1. The van der Waals surface area contributed by atoms with Gasteiger partial charge >= 0.3 is 0 Å². The SMILES string of the molecule is Cc1nc(-c2cccs2)sc1C(=O)N1CCC1. The van der Waals surface area contributed by atoms with Crippen LogP contribution in [-0.4, -0.2) is 28.9 Å². The number of thiazole rings is 1. The Labute approximate surface area is 108 Å². The second kappa shape index (κ2) is 4.23. The van der Waals surface area contributed by atoms with Gasteiger partial charge in [0.1, 0.15) is 9.88 Å². The monoisotopic (exact) mass is 264 g/mol. The number of aromatic nitrogens is 1. The quantitative estimate of drug-likeness (QED) is 0.835. The van der Waals surface area contributed by atoms with Gasteiger partial charge in [0.05, 0.1) is 10.6 Å². The average Bonchev–Trinajstić information content (AvgIpc) is 2.82. The van der Waals surface area contributed by atoms with E-state index in [2.05, 4.69) is 4.98 Å². The summed E-state index contributed by atoms with van der Waals surface area (Å²) in [5.41, 5.74) is 0.857. The number of hydrogen-bond acceptors (Lipinski definition) is 4. The van der Waals surface area contributed by atoms with Gasteiger partial charge in [-0.15, -0.1) is 22.7 Å². The molecule has 2 aromatic heterocycles. The third-order valence-electron chi connectivity index (χ3n) is 2.87. The van der Waals surface area contributed by atoms with Crippen molar-refractivity contribution in [2.75, 3.05) is 13.1 Å². The van der Waals surface area contributed by atoms with E-state index in [1.165, 1.54) is 11.3 Å². The number of aryl methyl sites for hydroxylation is 1. The molecule has 0 spiro atoms. The van der Waals surface area contributed by atoms with E-state index < -0.39 is 0 Å². The predicted molar refractivity (Wildman–Crippen MR) is 70.7 cm³/mol. The lowest BCUT2D eigenvalue weighted by Gasteiger charge is -2.30. The summed E-state index contributed by atoms with van der Waals surface area (Å²) in [6.45, 7) is 3.70. The van der Waals surface area contributed by atoms with Crippen molar-refractivity contribution in [3.05, 3.63) is 28.1 Å². The Hall–Kier alpha value is -1.20. The van der Waals surface area contributed by atoms with Gasteiger partial charge in [0.2, 0.25) is 0 Å². The molecule has 3 heterocycles. The maximum atomic E-state index is 12.1. The van der Waals surface area contributed by atoms with Crippen molar-refractivity contribution in [3.63, 3.8) is 0 Å². The van der Waals surface area contributed by atoms with Crippen LogP contribution in [0.3, 0.4) is 0 Å². The predicted octanol–water partition coefficient (Wildman–Crippen LogP) is 3.03. The van der Waals surface area contributed by atoms with Gasteiger partial charge in [0.15, 0.2) is 0 Å². The highest BCUT2D eigenvalue weighted by Gasteiger charge is 2.25. The van der Waals surface area contributed by atoms with Crippen LogP contribution in [-0.2, 0) is 0 Å². The van der Waals surface area contributed by atoms with Crippen molar-refractivity contribution in [3.8, 4) is 9.88 Å². The molecule has 0 unspecified atom stereocenters. The lowest BCUT2D eigenvalue weighted by molar-refractivity contribution is 0.0656. The molecule has 3 nitrogen and oxygen atoms in total. The zero-order valence-electron chi connectivity index (χ0n) is 9.47. The fourth-order valence-corrected chi connectivity index (χ4v) is 3.59. The van der Waals surface area contributed by atoms with E-state index in [9.17, 15) is 4.79 Å². The summed E-state index contributed by atoms with van der Waals surface area (Å²) >= 11 is 3.17. The normalized spacial score (nSPS) is 14.8. The summed E-state index contributed by atoms with van der Waals surface area (Å²) in [4.78, 5) is 20.5. The molecule has 1 saturated heterocycles. The molecular formula is C12H12N2OS2. The Morgan fingerprint density at radius 3 is 2.88 bits per heavy atom. The van der Waals surface area contributed by atoms with E-state index >= 15 is 0 Å². The number of amides is 1. The van der Waals surface area contributed by atoms with E-state index in [1.807, 2.05) is 29.3 Å². The van der Waals surface area contributed by atoms with Crippen LogP contribution < -0.4 is 0 Å². The van der Waals surface area contributed by atoms with Crippen molar-refractivity contribution in [2.45, 2.75) is 13.3 Å². The van der Waals surface area contributed by atoms with Gasteiger partial charge in [-0.2, -0.15) is 0 Å². The van der Waals surface area contributed by atoms with Crippen molar-refractivity contribution in [1.29, 1.82) is 0 Å². The Kier molecular flexibility index (Phi) is 2.72. The summed E-state index contributed by atoms with van der Waals surface area (Å²) in [5.74, 6) is 0.147. The minimum absolute atomic E-state index is 0.147. The van der Waals surface area contributed by atoms with Crippen LogP contribution >= 0.6 is 22.7 Å². The largest absolute Gasteiger partial charge is 0.338 e. The highest BCUT2D eigenvalue weighted by atomic mass is 32.1. The highest BCUT2D eigenvalue weighted by molar-refractivity contribution is 7.22. The fourth-order valence-electron chi connectivity index (χ4n) is 1.76. The number of rotatable bonds is 2. The molecule has 1 aliphatic heterocycles. The lowest BCUT2D eigenvalue weighted by Crippen LogP contribution is -2.41. The van der Waals surface area contributed by atoms with Gasteiger partial charge in [-0.1, -0.05) is 6.07 Å². The molecule has 17 heavy (non-hydrogen) atoms. The van der Waals surface area contributed by atoms with Crippen molar-refractivity contribution in [2.24, 2.45) is 0 Å². The van der Waals surface area contributed by atoms with Gasteiger partial charge in [0.25, 0.3) is 5.91 Å². The molecule has 0 aliphatic carbocycles. The van der Waals surface area contributed by atoms with Crippen molar-refractivity contribution >= 4 is 28.6 Å². The third kappa shape index (κ3) is 1.89. The van der Waals surface area contributed by atoms with E-state index in [0.717, 1.165) is 40.0 Å². The Morgan fingerprint density at radius 2 is 2.29 bits per heavy atom. The van der Waals surface area contributed by atoms with Gasteiger partial charge < -0.3 is 4.90 Å². The first-order valence-corrected chi connectivity index (χ1v) is 7.26. The molecule has 5 heteroatoms. The first-order chi connectivity index (χ1) is 8.25. The molecule has 0 saturated carbocycles. The van der Waals surface area contributed by atoms with Crippen LogP contribution in [0.5, 0.6) is 0 Å². The van der Waals surface area contributed by atoms with Crippen LogP contribution in [0.15, 0.2) is 17.5 Å². The second-order valence-electron chi connectivity index (χ2n) is 4.06. The summed E-state index contributed by atoms with van der Waals surface area (Å²) in [5, 5.41) is 2.99. The number of nitrogens with zero attached hydrogens (tertiary/aromatic N) is 2. The number of hydrogen-bond donors (Lipinski definition) is 0. The number of carbonyl (C=O) groups is 1. The molecule has 0 atom stereocenters. The van der Waals surface area contributed by atoms with Crippen LogP contribution in [0.1, 0.15) is 21.8 Å². The van der Waals surface area contributed by atoms with Crippen LogP contribution in [0, 0.1) is 6.92 Å². The third-order valence-corrected chi connectivity index (χ3v) is 5.05. The minimum Gasteiger partial charge on any atom is -0.338 e. The molecular weight excluding hydrogens is 252 g/mol. The lowest BCUT2D eigenvalue weighted by atomic mass is 10.2. The average molecular weight is 264 g/mol. The Bertz CT molecular complexity index is 541. The maximum Gasteiger partial charge on any atom is 0.265 e. The molecule has 0 radical (unpaired) electrons.